The summed E-state index contributed by atoms with van der Waals surface area (Å²) in [6.45, 7) is 3.04. The molecule has 4 aromatic rings. The Morgan fingerprint density at radius 2 is 1.87 bits per heavy atom. The number of hydrogen-bond acceptors (Lipinski definition) is 8. The number of halogens is 3. The molecule has 0 saturated carbocycles. The van der Waals surface area contributed by atoms with Crippen LogP contribution in [0.25, 0.3) is 16.3 Å². The van der Waals surface area contributed by atoms with Gasteiger partial charge in [0.2, 0.25) is 0 Å². The van der Waals surface area contributed by atoms with Gasteiger partial charge in [0, 0.05) is 50.3 Å². The van der Waals surface area contributed by atoms with Crippen molar-refractivity contribution < 1.29 is 18.0 Å². The maximum Gasteiger partial charge on any atom is 0.416 e. The summed E-state index contributed by atoms with van der Waals surface area (Å²) in [5, 5.41) is 14.8. The number of aryl methyl sites for hydroxylation is 1. The molecule has 0 aliphatic carbocycles. The van der Waals surface area contributed by atoms with Crippen molar-refractivity contribution in [2.75, 3.05) is 56.8 Å². The van der Waals surface area contributed by atoms with Crippen LogP contribution in [0.15, 0.2) is 48.8 Å². The van der Waals surface area contributed by atoms with E-state index in [1.807, 2.05) is 25.9 Å². The molecule has 0 spiro atoms. The fraction of sp³-hybridized carbons (Fsp3) is 0.308. The van der Waals surface area contributed by atoms with Crippen molar-refractivity contribution in [3.05, 3.63) is 65.5 Å². The Bertz CT molecular complexity index is 1460. The zero-order valence-corrected chi connectivity index (χ0v) is 23.0. The first-order chi connectivity index (χ1) is 18.4. The molecule has 1 amide bonds. The van der Waals surface area contributed by atoms with Crippen LogP contribution < -0.4 is 15.5 Å². The van der Waals surface area contributed by atoms with E-state index in [4.69, 9.17) is 0 Å². The fourth-order valence-corrected chi connectivity index (χ4v) is 4.47. The van der Waals surface area contributed by atoms with Crippen molar-refractivity contribution in [3.63, 3.8) is 0 Å². The molecular weight excluding hydrogens is 529 g/mol. The molecule has 0 bridgehead atoms. The maximum atomic E-state index is 13.7. The van der Waals surface area contributed by atoms with Crippen LogP contribution in [0, 0.1) is 6.92 Å². The molecule has 4 rings (SSSR count). The second-order valence-corrected chi connectivity index (χ2v) is 10.3. The van der Waals surface area contributed by atoms with E-state index in [9.17, 15) is 18.0 Å². The van der Waals surface area contributed by atoms with Gasteiger partial charge >= 0.3 is 6.18 Å². The molecule has 9 nitrogen and oxygen atoms in total. The number of benzene rings is 2. The van der Waals surface area contributed by atoms with Crippen molar-refractivity contribution in [2.24, 2.45) is 0 Å². The van der Waals surface area contributed by atoms with E-state index in [0.717, 1.165) is 27.7 Å². The molecule has 0 radical (unpaired) electrons. The molecule has 0 saturated heterocycles. The number of nitrogens with zero attached hydrogens (tertiary/aromatic N) is 6. The normalized spacial score (nSPS) is 11.6. The highest BCUT2D eigenvalue weighted by molar-refractivity contribution is 7.18. The van der Waals surface area contributed by atoms with Crippen molar-refractivity contribution in [1.82, 2.24) is 24.9 Å². The Hall–Kier alpha value is -3.97. The van der Waals surface area contributed by atoms with Crippen LogP contribution in [-0.2, 0) is 6.18 Å². The van der Waals surface area contributed by atoms with Gasteiger partial charge in [0.15, 0.2) is 5.13 Å². The van der Waals surface area contributed by atoms with Gasteiger partial charge < -0.3 is 20.4 Å². The summed E-state index contributed by atoms with van der Waals surface area (Å²) < 4.78 is 42.5. The van der Waals surface area contributed by atoms with E-state index in [0.29, 0.717) is 30.2 Å². The van der Waals surface area contributed by atoms with E-state index in [2.05, 4.69) is 25.9 Å². The van der Waals surface area contributed by atoms with Crippen LogP contribution in [0.4, 0.5) is 29.7 Å². The summed E-state index contributed by atoms with van der Waals surface area (Å²) in [5.74, 6) is -0.543. The van der Waals surface area contributed by atoms with Gasteiger partial charge in [-0.25, -0.2) is 9.67 Å². The molecular formula is C26H29F3N8OS. The molecule has 2 aromatic heterocycles. The predicted molar refractivity (Wildman–Crippen MR) is 148 cm³/mol. The molecule has 39 heavy (non-hydrogen) atoms. The van der Waals surface area contributed by atoms with E-state index in [1.165, 1.54) is 17.4 Å². The maximum absolute atomic E-state index is 13.7. The molecule has 0 aliphatic rings. The number of rotatable bonds is 9. The molecule has 13 heteroatoms. The minimum atomic E-state index is -4.56. The van der Waals surface area contributed by atoms with Crippen LogP contribution in [0.5, 0.6) is 0 Å². The highest BCUT2D eigenvalue weighted by Crippen LogP contribution is 2.34. The van der Waals surface area contributed by atoms with Crippen LogP contribution in [0.1, 0.15) is 21.5 Å². The van der Waals surface area contributed by atoms with Gasteiger partial charge in [-0.2, -0.15) is 13.2 Å². The summed E-state index contributed by atoms with van der Waals surface area (Å²) in [5.41, 5.74) is 1.92. The molecule has 0 fully saturated rings. The zero-order chi connectivity index (χ0) is 28.3. The lowest BCUT2D eigenvalue weighted by molar-refractivity contribution is -0.137. The van der Waals surface area contributed by atoms with Gasteiger partial charge in [-0.05, 0) is 56.9 Å². The first kappa shape index (κ1) is 28.0. The monoisotopic (exact) mass is 558 g/mol. The Labute approximate surface area is 228 Å². The summed E-state index contributed by atoms with van der Waals surface area (Å²) in [4.78, 5) is 21.9. The van der Waals surface area contributed by atoms with Gasteiger partial charge in [-0.1, -0.05) is 22.6 Å². The topological polar surface area (TPSA) is 91.2 Å². The lowest BCUT2D eigenvalue weighted by Gasteiger charge is -2.23. The first-order valence-corrected chi connectivity index (χ1v) is 12.8. The molecule has 206 valence electrons. The molecule has 2 N–H and O–H groups in total. The molecule has 2 aromatic carbocycles. The Balaban J connectivity index is 1.60. The number of nitrogens with one attached hydrogen (secondary N) is 2. The van der Waals surface area contributed by atoms with Crippen molar-refractivity contribution >= 4 is 33.8 Å². The Morgan fingerprint density at radius 1 is 1.10 bits per heavy atom. The lowest BCUT2D eigenvalue weighted by atomic mass is 10.1. The average Bonchev–Trinajstić information content (AvgIpc) is 3.56. The number of thiazole rings is 1. The number of carbonyl (C=O) groups excluding carboxylic acids is 1. The van der Waals surface area contributed by atoms with Gasteiger partial charge in [-0.3, -0.25) is 4.79 Å². The minimum absolute atomic E-state index is 0.0530. The lowest BCUT2D eigenvalue weighted by Crippen LogP contribution is -2.28. The first-order valence-electron chi connectivity index (χ1n) is 12.0. The molecule has 0 aliphatic heterocycles. The predicted octanol–water partition coefficient (Wildman–Crippen LogP) is 5.01. The zero-order valence-electron chi connectivity index (χ0n) is 22.2. The molecule has 0 unspecified atom stereocenters. The number of amides is 1. The number of carbonyl (C=O) groups is 1. The molecule has 2 heterocycles. The fourth-order valence-electron chi connectivity index (χ4n) is 3.75. The second-order valence-electron chi connectivity index (χ2n) is 9.27. The summed E-state index contributed by atoms with van der Waals surface area (Å²) >= 11 is 1.43. The quantitative estimate of drug-likeness (QED) is 0.299. The van der Waals surface area contributed by atoms with Crippen LogP contribution in [0.2, 0.25) is 0 Å². The largest absolute Gasteiger partial charge is 0.416 e. The average molecular weight is 559 g/mol. The highest BCUT2D eigenvalue weighted by atomic mass is 32.1. The number of anilines is 3. The van der Waals surface area contributed by atoms with Crippen molar-refractivity contribution in [2.45, 2.75) is 13.1 Å². The van der Waals surface area contributed by atoms with Crippen LogP contribution in [0.3, 0.4) is 0 Å². The summed E-state index contributed by atoms with van der Waals surface area (Å²) in [7, 11) is 7.28. The van der Waals surface area contributed by atoms with Crippen LogP contribution in [-0.4, -0.2) is 72.1 Å². The second kappa shape index (κ2) is 11.4. The van der Waals surface area contributed by atoms with E-state index in [-0.39, 0.29) is 11.3 Å². The van der Waals surface area contributed by atoms with E-state index < -0.39 is 17.6 Å². The van der Waals surface area contributed by atoms with E-state index >= 15 is 0 Å². The minimum Gasteiger partial charge on any atom is -0.373 e. The van der Waals surface area contributed by atoms with Gasteiger partial charge in [-0.15, -0.1) is 5.10 Å². The summed E-state index contributed by atoms with van der Waals surface area (Å²) in [6, 6.07) is 8.56. The highest BCUT2D eigenvalue weighted by Gasteiger charge is 2.32. The molecule has 0 atom stereocenters. The van der Waals surface area contributed by atoms with Crippen molar-refractivity contribution in [1.29, 1.82) is 0 Å². The smallest absolute Gasteiger partial charge is 0.373 e. The number of alkyl halides is 3. The number of likely N-dealkylation sites (N-methyl/N-ethyl adjacent to an activating group) is 2. The Morgan fingerprint density at radius 3 is 2.54 bits per heavy atom. The number of hydrogen-bond donors (Lipinski definition) is 2. The third kappa shape index (κ3) is 6.73. The SMILES string of the molecule is CNc1ncc(-c2cn(-c3cc(C(=O)Nc4cc(N(C)CCN(C)C)cc(C(F)(F)F)c4)ccc3C)nn2)s1. The van der Waals surface area contributed by atoms with Gasteiger partial charge in [0.25, 0.3) is 5.91 Å². The third-order valence-electron chi connectivity index (χ3n) is 6.01. The number of aromatic nitrogens is 4. The van der Waals surface area contributed by atoms with E-state index in [1.54, 1.807) is 54.3 Å². The van der Waals surface area contributed by atoms with Gasteiger partial charge in [0.1, 0.15) is 5.69 Å². The Kier molecular flexibility index (Phi) is 8.21. The third-order valence-corrected chi connectivity index (χ3v) is 7.05. The summed E-state index contributed by atoms with van der Waals surface area (Å²) in [6.07, 6.45) is -1.13. The van der Waals surface area contributed by atoms with Crippen molar-refractivity contribution in [3.8, 4) is 16.3 Å². The standard InChI is InChI=1S/C26H29F3N8OS/c1-16-6-7-17(10-22(16)37-15-21(33-34-37)23-14-31-25(30-2)39-23)24(38)32-19-11-18(26(27,28)29)12-20(13-19)36(5)9-8-35(3)4/h6-7,10-15H,8-9H2,1-5H3,(H,30,31)(H,32,38). The van der Waals surface area contributed by atoms with Crippen LogP contribution >= 0.6 is 11.3 Å². The van der Waals surface area contributed by atoms with Gasteiger partial charge in [0.05, 0.1) is 22.3 Å².